The summed E-state index contributed by atoms with van der Waals surface area (Å²) in [6.45, 7) is 9.96. The molecule has 0 N–H and O–H groups in total. The zero-order chi connectivity index (χ0) is 7.91. The fourth-order valence-electron chi connectivity index (χ4n) is 0.612. The van der Waals surface area contributed by atoms with Crippen molar-refractivity contribution in [1.29, 1.82) is 5.26 Å². The van der Waals surface area contributed by atoms with Crippen LogP contribution in [0.3, 0.4) is 0 Å². The highest BCUT2D eigenvalue weighted by Crippen LogP contribution is 2.17. The molecule has 0 saturated heterocycles. The SMILES string of the molecule is C#N.CCCC(C)(C)S. The van der Waals surface area contributed by atoms with Crippen molar-refractivity contribution in [3.8, 4) is 6.57 Å². The van der Waals surface area contributed by atoms with Crippen molar-refractivity contribution in [2.24, 2.45) is 0 Å². The van der Waals surface area contributed by atoms with E-state index < -0.39 is 0 Å². The number of nitriles is 1. The van der Waals surface area contributed by atoms with Crippen molar-refractivity contribution < 1.29 is 0 Å². The van der Waals surface area contributed by atoms with E-state index in [4.69, 9.17) is 5.26 Å². The average Bonchev–Trinajstić information content (AvgIpc) is 1.69. The predicted octanol–water partition coefficient (Wildman–Crippen LogP) is 2.63. The molecule has 0 aromatic heterocycles. The first kappa shape index (κ1) is 11.6. The molecule has 0 aliphatic rings. The van der Waals surface area contributed by atoms with E-state index >= 15 is 0 Å². The van der Waals surface area contributed by atoms with E-state index in [1.165, 1.54) is 12.8 Å². The highest BCUT2D eigenvalue weighted by Gasteiger charge is 2.07. The fourth-order valence-corrected chi connectivity index (χ4v) is 0.835. The highest BCUT2D eigenvalue weighted by atomic mass is 32.1. The Morgan fingerprint density at radius 2 is 1.78 bits per heavy atom. The van der Waals surface area contributed by atoms with Gasteiger partial charge < -0.3 is 0 Å². The van der Waals surface area contributed by atoms with Crippen molar-refractivity contribution in [3.05, 3.63) is 0 Å². The molecule has 0 unspecified atom stereocenters. The Morgan fingerprint density at radius 1 is 1.44 bits per heavy atom. The third-order valence-corrected chi connectivity index (χ3v) is 1.09. The first-order valence-corrected chi connectivity index (χ1v) is 3.49. The molecule has 0 heterocycles. The molecule has 0 amide bonds. The Balaban J connectivity index is 0. The van der Waals surface area contributed by atoms with Crippen molar-refractivity contribution in [1.82, 2.24) is 0 Å². The van der Waals surface area contributed by atoms with Crippen LogP contribution in [0.4, 0.5) is 0 Å². The summed E-state index contributed by atoms with van der Waals surface area (Å²) in [5.74, 6) is 0. The minimum atomic E-state index is 0.245. The minimum Gasteiger partial charge on any atom is -0.202 e. The zero-order valence-corrected chi connectivity index (χ0v) is 7.28. The molecule has 0 rings (SSSR count). The molecule has 54 valence electrons. The molecule has 0 aromatic rings. The van der Waals surface area contributed by atoms with E-state index in [2.05, 4.69) is 40.0 Å². The van der Waals surface area contributed by atoms with Gasteiger partial charge in [-0.05, 0) is 6.42 Å². The first-order chi connectivity index (χ1) is 4.06. The standard InChI is InChI=1S/C6H14S.CHN/c1-4-5-6(2,3)7;1-2/h7H,4-5H2,1-3H3;1H. The van der Waals surface area contributed by atoms with Crippen LogP contribution in [0.2, 0.25) is 0 Å². The Morgan fingerprint density at radius 3 is 1.78 bits per heavy atom. The molecular formula is C7H15NS. The number of hydrogen-bond donors (Lipinski definition) is 1. The van der Waals surface area contributed by atoms with Crippen molar-refractivity contribution >= 4 is 12.6 Å². The van der Waals surface area contributed by atoms with Gasteiger partial charge in [0, 0.05) is 11.3 Å². The van der Waals surface area contributed by atoms with Crippen LogP contribution in [0.5, 0.6) is 0 Å². The summed E-state index contributed by atoms with van der Waals surface area (Å²) < 4.78 is 0.245. The van der Waals surface area contributed by atoms with Crippen LogP contribution in [0.15, 0.2) is 0 Å². The molecule has 0 aliphatic carbocycles. The van der Waals surface area contributed by atoms with Gasteiger partial charge in [-0.2, -0.15) is 12.6 Å². The Labute approximate surface area is 63.5 Å². The maximum Gasteiger partial charge on any atom is 0.0462 e. The molecule has 1 nitrogen and oxygen atoms in total. The Bertz CT molecular complexity index is 70.7. The van der Waals surface area contributed by atoms with Crippen LogP contribution in [0.25, 0.3) is 0 Å². The monoisotopic (exact) mass is 145 g/mol. The molecule has 9 heavy (non-hydrogen) atoms. The molecule has 0 bridgehead atoms. The molecule has 0 atom stereocenters. The van der Waals surface area contributed by atoms with Gasteiger partial charge in [0.1, 0.15) is 0 Å². The van der Waals surface area contributed by atoms with Crippen LogP contribution in [0, 0.1) is 11.8 Å². The molecule has 0 saturated carbocycles. The van der Waals surface area contributed by atoms with Gasteiger partial charge in [-0.15, -0.1) is 0 Å². The summed E-state index contributed by atoms with van der Waals surface area (Å²) in [4.78, 5) is 0. The second-order valence-electron chi connectivity index (χ2n) is 2.56. The number of hydrogen-bond acceptors (Lipinski definition) is 2. The quantitative estimate of drug-likeness (QED) is 0.593. The van der Waals surface area contributed by atoms with E-state index in [9.17, 15) is 0 Å². The Hall–Kier alpha value is -0.160. The first-order valence-electron chi connectivity index (χ1n) is 3.04. The van der Waals surface area contributed by atoms with Crippen molar-refractivity contribution in [2.75, 3.05) is 0 Å². The van der Waals surface area contributed by atoms with Crippen LogP contribution < -0.4 is 0 Å². The van der Waals surface area contributed by atoms with Crippen LogP contribution >= 0.6 is 12.6 Å². The van der Waals surface area contributed by atoms with E-state index in [0.29, 0.717) is 0 Å². The van der Waals surface area contributed by atoms with Gasteiger partial charge in [0.05, 0.1) is 0 Å². The molecule has 2 heteroatoms. The lowest BCUT2D eigenvalue weighted by Crippen LogP contribution is -2.08. The van der Waals surface area contributed by atoms with E-state index in [1.807, 2.05) is 0 Å². The van der Waals surface area contributed by atoms with Crippen LogP contribution in [-0.4, -0.2) is 4.75 Å². The molecular weight excluding hydrogens is 130 g/mol. The van der Waals surface area contributed by atoms with Gasteiger partial charge in [0.2, 0.25) is 0 Å². The molecule has 0 spiro atoms. The summed E-state index contributed by atoms with van der Waals surface area (Å²) in [5, 5.41) is 6.50. The number of thiol groups is 1. The zero-order valence-electron chi connectivity index (χ0n) is 6.39. The minimum absolute atomic E-state index is 0.245. The smallest absolute Gasteiger partial charge is 0.0462 e. The highest BCUT2D eigenvalue weighted by molar-refractivity contribution is 7.81. The second kappa shape index (κ2) is 5.97. The average molecular weight is 145 g/mol. The molecule has 0 fully saturated rings. The lowest BCUT2D eigenvalue weighted by molar-refractivity contribution is 0.632. The summed E-state index contributed by atoms with van der Waals surface area (Å²) >= 11 is 4.33. The predicted molar refractivity (Wildman–Crippen MR) is 44.6 cm³/mol. The molecule has 0 aliphatic heterocycles. The lowest BCUT2D eigenvalue weighted by Gasteiger charge is -2.14. The summed E-state index contributed by atoms with van der Waals surface area (Å²) in [5.41, 5.74) is 0. The topological polar surface area (TPSA) is 23.8 Å². The van der Waals surface area contributed by atoms with E-state index in [0.717, 1.165) is 0 Å². The van der Waals surface area contributed by atoms with Crippen molar-refractivity contribution in [3.63, 3.8) is 0 Å². The Kier molecular flexibility index (Phi) is 7.70. The number of rotatable bonds is 2. The number of nitrogens with zero attached hydrogens (tertiary/aromatic N) is 1. The van der Waals surface area contributed by atoms with Gasteiger partial charge in [0.15, 0.2) is 0 Å². The van der Waals surface area contributed by atoms with Crippen molar-refractivity contribution in [2.45, 2.75) is 38.4 Å². The third kappa shape index (κ3) is 18.1. The fraction of sp³-hybridized carbons (Fsp3) is 0.857. The normalized spacial score (nSPS) is 9.56. The third-order valence-electron chi connectivity index (χ3n) is 0.862. The van der Waals surface area contributed by atoms with Gasteiger partial charge in [-0.1, -0.05) is 27.2 Å². The second-order valence-corrected chi connectivity index (χ2v) is 3.77. The lowest BCUT2D eigenvalue weighted by atomic mass is 10.1. The maximum atomic E-state index is 6.50. The van der Waals surface area contributed by atoms with Gasteiger partial charge in [-0.3, -0.25) is 0 Å². The van der Waals surface area contributed by atoms with Gasteiger partial charge in [-0.25, -0.2) is 5.26 Å². The van der Waals surface area contributed by atoms with E-state index in [-0.39, 0.29) is 4.75 Å². The van der Waals surface area contributed by atoms with E-state index in [1.54, 1.807) is 0 Å². The summed E-state index contributed by atoms with van der Waals surface area (Å²) in [6, 6.07) is 0. The maximum absolute atomic E-state index is 6.50. The summed E-state index contributed by atoms with van der Waals surface area (Å²) in [7, 11) is 0. The summed E-state index contributed by atoms with van der Waals surface area (Å²) in [6.07, 6.45) is 2.44. The van der Waals surface area contributed by atoms with Crippen LogP contribution in [0.1, 0.15) is 33.6 Å². The molecule has 0 radical (unpaired) electrons. The largest absolute Gasteiger partial charge is 0.202 e. The van der Waals surface area contributed by atoms with Gasteiger partial charge >= 0.3 is 0 Å². The van der Waals surface area contributed by atoms with Gasteiger partial charge in [0.25, 0.3) is 0 Å². The molecule has 0 aromatic carbocycles. The van der Waals surface area contributed by atoms with Crippen LogP contribution in [-0.2, 0) is 0 Å².